The van der Waals surface area contributed by atoms with Gasteiger partial charge in [0, 0.05) is 66.0 Å². The van der Waals surface area contributed by atoms with Crippen molar-refractivity contribution >= 4 is 50.4 Å². The second kappa shape index (κ2) is 8.18. The van der Waals surface area contributed by atoms with Crippen LogP contribution in [0.4, 0.5) is 11.4 Å². The van der Waals surface area contributed by atoms with Crippen molar-refractivity contribution in [3.8, 4) is 5.75 Å². The number of carbonyl (C=O) groups is 1. The van der Waals surface area contributed by atoms with E-state index < -0.39 is 0 Å². The number of nitrogens with zero attached hydrogens (tertiary/aromatic N) is 2. The second-order valence-electron chi connectivity index (χ2n) is 7.98. The van der Waals surface area contributed by atoms with Crippen LogP contribution >= 0.6 is 22.9 Å². The van der Waals surface area contributed by atoms with Gasteiger partial charge in [0.1, 0.15) is 22.1 Å². The number of nitrogens with two attached hydrogens (primary N) is 1. The van der Waals surface area contributed by atoms with Gasteiger partial charge >= 0.3 is 0 Å². The summed E-state index contributed by atoms with van der Waals surface area (Å²) in [5.41, 5.74) is 9.61. The van der Waals surface area contributed by atoms with Crippen molar-refractivity contribution in [1.82, 2.24) is 15.6 Å². The van der Waals surface area contributed by atoms with Crippen molar-refractivity contribution in [2.24, 2.45) is 0 Å². The number of nitrogens with one attached hydrogen (secondary N) is 2. The SMILES string of the molecule is Cc1ccc2c(N)c(C(=O)N[C@H]3COc4cc(N5CCNCC5)cc(Cl)c4C3)sc2n1. The van der Waals surface area contributed by atoms with Crippen LogP contribution in [-0.2, 0) is 6.42 Å². The van der Waals surface area contributed by atoms with Gasteiger partial charge in [0.25, 0.3) is 5.91 Å². The van der Waals surface area contributed by atoms with Gasteiger partial charge in [0.15, 0.2) is 0 Å². The summed E-state index contributed by atoms with van der Waals surface area (Å²) in [6, 6.07) is 7.69. The van der Waals surface area contributed by atoms with Crippen LogP contribution in [0.15, 0.2) is 24.3 Å². The molecule has 5 rings (SSSR count). The lowest BCUT2D eigenvalue weighted by molar-refractivity contribution is 0.0920. The number of thiophene rings is 1. The molecule has 9 heteroatoms. The molecule has 3 aromatic rings. The molecule has 2 aliphatic heterocycles. The number of aryl methyl sites for hydroxylation is 1. The molecule has 162 valence electrons. The molecule has 1 amide bonds. The molecule has 4 heterocycles. The molecule has 2 aliphatic rings. The largest absolute Gasteiger partial charge is 0.491 e. The lowest BCUT2D eigenvalue weighted by Gasteiger charge is -2.32. The zero-order valence-electron chi connectivity index (χ0n) is 17.2. The maximum Gasteiger partial charge on any atom is 0.263 e. The molecule has 1 atom stereocenters. The maximum absolute atomic E-state index is 12.9. The molecule has 0 unspecified atom stereocenters. The molecule has 0 saturated carbocycles. The zero-order chi connectivity index (χ0) is 21.5. The van der Waals surface area contributed by atoms with Gasteiger partial charge in [-0.25, -0.2) is 4.98 Å². The van der Waals surface area contributed by atoms with E-state index in [-0.39, 0.29) is 11.9 Å². The Hall–Kier alpha value is -2.55. The highest BCUT2D eigenvalue weighted by molar-refractivity contribution is 7.21. The quantitative estimate of drug-likeness (QED) is 0.560. The number of halogens is 1. The van der Waals surface area contributed by atoms with E-state index in [1.165, 1.54) is 11.3 Å². The molecule has 4 N–H and O–H groups in total. The summed E-state index contributed by atoms with van der Waals surface area (Å²) >= 11 is 7.93. The van der Waals surface area contributed by atoms with E-state index in [1.807, 2.05) is 25.1 Å². The maximum atomic E-state index is 12.9. The first-order valence-corrected chi connectivity index (χ1v) is 11.6. The van der Waals surface area contributed by atoms with E-state index in [4.69, 9.17) is 22.1 Å². The number of anilines is 2. The number of pyridine rings is 1. The number of piperazine rings is 1. The van der Waals surface area contributed by atoms with Gasteiger partial charge in [-0.15, -0.1) is 11.3 Å². The van der Waals surface area contributed by atoms with Crippen LogP contribution < -0.4 is 26.0 Å². The van der Waals surface area contributed by atoms with Crippen LogP contribution in [0.1, 0.15) is 20.9 Å². The fourth-order valence-corrected chi connectivity index (χ4v) is 5.45. The topological polar surface area (TPSA) is 92.5 Å². The van der Waals surface area contributed by atoms with Crippen molar-refractivity contribution < 1.29 is 9.53 Å². The number of benzene rings is 1. The molecule has 0 bridgehead atoms. The minimum Gasteiger partial charge on any atom is -0.491 e. The van der Waals surface area contributed by atoms with Gasteiger partial charge in [-0.05, 0) is 25.1 Å². The number of fused-ring (bicyclic) bond motifs is 2. The molecule has 31 heavy (non-hydrogen) atoms. The molecule has 0 spiro atoms. The lowest BCUT2D eigenvalue weighted by Crippen LogP contribution is -2.44. The summed E-state index contributed by atoms with van der Waals surface area (Å²) in [5, 5.41) is 7.90. The Morgan fingerprint density at radius 1 is 1.35 bits per heavy atom. The normalized spacial score (nSPS) is 18.5. The summed E-state index contributed by atoms with van der Waals surface area (Å²) in [5.74, 6) is 0.594. The number of nitrogen functional groups attached to an aromatic ring is 1. The molecule has 0 aliphatic carbocycles. The summed E-state index contributed by atoms with van der Waals surface area (Å²) in [6.45, 7) is 6.11. The number of ether oxygens (including phenoxy) is 1. The molecule has 1 fully saturated rings. The number of rotatable bonds is 3. The lowest BCUT2D eigenvalue weighted by atomic mass is 10.0. The number of hydrogen-bond acceptors (Lipinski definition) is 7. The van der Waals surface area contributed by atoms with E-state index in [2.05, 4.69) is 26.6 Å². The monoisotopic (exact) mass is 457 g/mol. The summed E-state index contributed by atoms with van der Waals surface area (Å²) in [6.07, 6.45) is 0.615. The first-order valence-electron chi connectivity index (χ1n) is 10.4. The van der Waals surface area contributed by atoms with Gasteiger partial charge in [-0.2, -0.15) is 0 Å². The number of hydrogen-bond donors (Lipinski definition) is 3. The highest BCUT2D eigenvalue weighted by atomic mass is 35.5. The van der Waals surface area contributed by atoms with Crippen LogP contribution in [-0.4, -0.2) is 49.7 Å². The highest BCUT2D eigenvalue weighted by Gasteiger charge is 2.27. The van der Waals surface area contributed by atoms with Crippen molar-refractivity contribution in [2.75, 3.05) is 43.4 Å². The van der Waals surface area contributed by atoms with Crippen molar-refractivity contribution in [3.05, 3.63) is 45.4 Å². The van der Waals surface area contributed by atoms with E-state index in [1.54, 1.807) is 0 Å². The summed E-state index contributed by atoms with van der Waals surface area (Å²) < 4.78 is 6.01. The molecular weight excluding hydrogens is 434 g/mol. The average Bonchev–Trinajstić information content (AvgIpc) is 3.10. The van der Waals surface area contributed by atoms with E-state index in [0.29, 0.717) is 28.6 Å². The van der Waals surface area contributed by atoms with Crippen LogP contribution in [0.2, 0.25) is 5.02 Å². The second-order valence-corrected chi connectivity index (χ2v) is 9.38. The molecule has 7 nitrogen and oxygen atoms in total. The summed E-state index contributed by atoms with van der Waals surface area (Å²) in [7, 11) is 0. The van der Waals surface area contributed by atoms with Crippen molar-refractivity contribution in [1.29, 1.82) is 0 Å². The number of amides is 1. The fourth-order valence-electron chi connectivity index (χ4n) is 4.13. The minimum absolute atomic E-state index is 0.179. The van der Waals surface area contributed by atoms with Crippen LogP contribution in [0.5, 0.6) is 5.75 Å². The smallest absolute Gasteiger partial charge is 0.263 e. The van der Waals surface area contributed by atoms with E-state index in [9.17, 15) is 4.79 Å². The third-order valence-corrected chi connectivity index (χ3v) is 7.24. The van der Waals surface area contributed by atoms with Gasteiger partial charge in [-0.3, -0.25) is 4.79 Å². The average molecular weight is 458 g/mol. The minimum atomic E-state index is -0.205. The molecular formula is C22H24ClN5O2S. The van der Waals surface area contributed by atoms with E-state index >= 15 is 0 Å². The molecule has 2 aromatic heterocycles. The predicted molar refractivity (Wildman–Crippen MR) is 126 cm³/mol. The van der Waals surface area contributed by atoms with Crippen LogP contribution in [0, 0.1) is 6.92 Å². The van der Waals surface area contributed by atoms with Gasteiger partial charge in [0.05, 0.1) is 11.7 Å². The number of carbonyl (C=O) groups excluding carboxylic acids is 1. The Balaban J connectivity index is 1.33. The Bertz CT molecular complexity index is 1160. The van der Waals surface area contributed by atoms with Gasteiger partial charge in [0.2, 0.25) is 0 Å². The molecule has 1 aromatic carbocycles. The van der Waals surface area contributed by atoms with Crippen molar-refractivity contribution in [2.45, 2.75) is 19.4 Å². The van der Waals surface area contributed by atoms with Gasteiger partial charge < -0.3 is 26.0 Å². The number of aromatic nitrogens is 1. The Labute approximate surface area is 189 Å². The zero-order valence-corrected chi connectivity index (χ0v) is 18.8. The van der Waals surface area contributed by atoms with Crippen molar-refractivity contribution in [3.63, 3.8) is 0 Å². The predicted octanol–water partition coefficient (Wildman–Crippen LogP) is 2.98. The Kier molecular flexibility index (Phi) is 5.37. The molecule has 0 radical (unpaired) electrons. The van der Waals surface area contributed by atoms with Gasteiger partial charge in [-0.1, -0.05) is 11.6 Å². The van der Waals surface area contributed by atoms with Crippen LogP contribution in [0.3, 0.4) is 0 Å². The first kappa shape index (κ1) is 20.4. The third kappa shape index (κ3) is 3.91. The standard InChI is InChI=1S/C22H24ClN5O2S/c1-12-2-3-15-19(24)20(31-22(15)26-12)21(29)27-13-8-16-17(23)9-14(10-18(16)30-11-13)28-6-4-25-5-7-28/h2-3,9-10,13,25H,4-8,11,24H2,1H3,(H,27,29)/t13-/m1/s1. The first-order chi connectivity index (χ1) is 15.0. The highest BCUT2D eigenvalue weighted by Crippen LogP contribution is 2.37. The summed E-state index contributed by atoms with van der Waals surface area (Å²) in [4.78, 5) is 21.0. The van der Waals surface area contributed by atoms with E-state index in [0.717, 1.165) is 59.1 Å². The molecule has 1 saturated heterocycles. The fraction of sp³-hybridized carbons (Fsp3) is 0.364. The van der Waals surface area contributed by atoms with Crippen LogP contribution in [0.25, 0.3) is 10.2 Å². The Morgan fingerprint density at radius 2 is 2.16 bits per heavy atom. The third-order valence-electron chi connectivity index (χ3n) is 5.79. The Morgan fingerprint density at radius 3 is 2.97 bits per heavy atom.